The smallest absolute Gasteiger partial charge is 0.316 e. The molecular weight excluding hydrogens is 283 g/mol. The summed E-state index contributed by atoms with van der Waals surface area (Å²) in [5, 5.41) is 15.6. The minimum atomic E-state index is -0.777. The number of benzene rings is 1. The second-order valence-electron chi connectivity index (χ2n) is 4.30. The number of halogens is 1. The predicted molar refractivity (Wildman–Crippen MR) is 72.5 cm³/mol. The Balaban J connectivity index is 2.62. The number of nitro benzene ring substituents is 1. The lowest BCUT2D eigenvalue weighted by Crippen LogP contribution is -2.39. The lowest BCUT2D eigenvalue weighted by atomic mass is 10.1. The Hall–Kier alpha value is -2.71. The molecule has 114 valence electrons. The van der Waals surface area contributed by atoms with Crippen LogP contribution in [0.3, 0.4) is 0 Å². The third kappa shape index (κ3) is 4.71. The second-order valence-corrected chi connectivity index (χ2v) is 4.30. The van der Waals surface area contributed by atoms with Gasteiger partial charge >= 0.3 is 6.03 Å². The Morgan fingerprint density at radius 1 is 1.29 bits per heavy atom. The summed E-state index contributed by atoms with van der Waals surface area (Å²) < 4.78 is 13.1. The first-order valence-electron chi connectivity index (χ1n) is 6.00. The van der Waals surface area contributed by atoms with Gasteiger partial charge in [0.15, 0.2) is 0 Å². The number of carbonyl (C=O) groups excluding carboxylic acids is 2. The summed E-state index contributed by atoms with van der Waals surface area (Å²) in [5.74, 6) is -1.52. The van der Waals surface area contributed by atoms with Crippen molar-refractivity contribution in [3.63, 3.8) is 0 Å². The van der Waals surface area contributed by atoms with Gasteiger partial charge in [-0.1, -0.05) is 0 Å². The summed E-state index contributed by atoms with van der Waals surface area (Å²) in [5.41, 5.74) is -0.842. The van der Waals surface area contributed by atoms with Crippen LogP contribution >= 0.6 is 0 Å². The van der Waals surface area contributed by atoms with Gasteiger partial charge in [-0.25, -0.2) is 9.18 Å². The molecule has 0 saturated heterocycles. The van der Waals surface area contributed by atoms with Gasteiger partial charge in [0.05, 0.1) is 4.92 Å². The summed E-state index contributed by atoms with van der Waals surface area (Å²) in [6, 6.07) is 2.30. The third-order valence-corrected chi connectivity index (χ3v) is 2.49. The topological polar surface area (TPSA) is 105 Å². The van der Waals surface area contributed by atoms with Gasteiger partial charge in [0.1, 0.15) is 11.4 Å². The van der Waals surface area contributed by atoms with Gasteiger partial charge in [0.2, 0.25) is 0 Å². The molecule has 21 heavy (non-hydrogen) atoms. The van der Waals surface area contributed by atoms with Crippen LogP contribution in [0.15, 0.2) is 18.2 Å². The Morgan fingerprint density at radius 2 is 1.90 bits per heavy atom. The number of carbonyl (C=O) groups is 2. The first-order chi connectivity index (χ1) is 9.82. The van der Waals surface area contributed by atoms with Gasteiger partial charge in [-0.3, -0.25) is 14.9 Å². The average molecular weight is 298 g/mol. The highest BCUT2D eigenvalue weighted by atomic mass is 19.1. The van der Waals surface area contributed by atoms with Crippen LogP contribution in [0.4, 0.5) is 14.9 Å². The van der Waals surface area contributed by atoms with Crippen LogP contribution in [-0.2, 0) is 0 Å². The monoisotopic (exact) mass is 298 g/mol. The molecule has 0 heterocycles. The summed E-state index contributed by atoms with van der Waals surface area (Å²) in [4.78, 5) is 34.3. The predicted octanol–water partition coefficient (Wildman–Crippen LogP) is 0.735. The van der Waals surface area contributed by atoms with Gasteiger partial charge in [0, 0.05) is 33.3 Å². The van der Waals surface area contributed by atoms with Gasteiger partial charge in [0.25, 0.3) is 11.6 Å². The number of rotatable bonds is 5. The first-order valence-corrected chi connectivity index (χ1v) is 6.00. The summed E-state index contributed by atoms with van der Waals surface area (Å²) in [6.45, 7) is 0.206. The fraction of sp³-hybridized carbons (Fsp3) is 0.333. The Labute approximate surface area is 120 Å². The maximum atomic E-state index is 13.1. The quantitative estimate of drug-likeness (QED) is 0.475. The molecule has 1 rings (SSSR count). The molecule has 0 aliphatic heterocycles. The Bertz CT molecular complexity index is 562. The molecule has 0 atom stereocenters. The van der Waals surface area contributed by atoms with Gasteiger partial charge < -0.3 is 15.5 Å². The molecule has 0 saturated carbocycles. The van der Waals surface area contributed by atoms with Crippen molar-refractivity contribution < 1.29 is 18.9 Å². The molecule has 3 amide bonds. The van der Waals surface area contributed by atoms with E-state index in [9.17, 15) is 24.1 Å². The molecule has 9 heteroatoms. The summed E-state index contributed by atoms with van der Waals surface area (Å²) >= 11 is 0. The third-order valence-electron chi connectivity index (χ3n) is 2.49. The number of hydrogen-bond acceptors (Lipinski definition) is 4. The van der Waals surface area contributed by atoms with E-state index in [1.165, 1.54) is 4.90 Å². The summed E-state index contributed by atoms with van der Waals surface area (Å²) in [7, 11) is 3.12. The maximum Gasteiger partial charge on any atom is 0.316 e. The van der Waals surface area contributed by atoms with Crippen molar-refractivity contribution in [2.75, 3.05) is 27.2 Å². The van der Waals surface area contributed by atoms with Crippen molar-refractivity contribution in [1.82, 2.24) is 15.5 Å². The number of hydrogen-bond donors (Lipinski definition) is 2. The van der Waals surface area contributed by atoms with Gasteiger partial charge in [-0.15, -0.1) is 0 Å². The molecule has 0 bridgehead atoms. The van der Waals surface area contributed by atoms with E-state index in [1.54, 1.807) is 14.1 Å². The van der Waals surface area contributed by atoms with E-state index in [0.717, 1.165) is 18.2 Å². The van der Waals surface area contributed by atoms with Crippen LogP contribution in [0.25, 0.3) is 0 Å². The molecule has 1 aromatic rings. The zero-order valence-corrected chi connectivity index (χ0v) is 11.6. The first kappa shape index (κ1) is 16.3. The Kier molecular flexibility index (Phi) is 5.58. The van der Waals surface area contributed by atoms with Gasteiger partial charge in [-0.05, 0) is 12.1 Å². The van der Waals surface area contributed by atoms with E-state index in [4.69, 9.17) is 0 Å². The molecule has 0 spiro atoms. The second kappa shape index (κ2) is 7.17. The van der Waals surface area contributed by atoms with Gasteiger partial charge in [-0.2, -0.15) is 0 Å². The summed E-state index contributed by atoms with van der Waals surface area (Å²) in [6.07, 6.45) is 0. The highest BCUT2D eigenvalue weighted by Crippen LogP contribution is 2.19. The molecule has 0 unspecified atom stereocenters. The van der Waals surface area contributed by atoms with Crippen molar-refractivity contribution in [3.05, 3.63) is 39.7 Å². The SMILES string of the molecule is CN(C)C(=O)NCCNC(=O)c1cc(F)ccc1[N+](=O)[O-]. The fourth-order valence-electron chi connectivity index (χ4n) is 1.45. The number of nitrogens with one attached hydrogen (secondary N) is 2. The molecule has 0 radical (unpaired) electrons. The van der Waals surface area contributed by atoms with Crippen LogP contribution in [0.2, 0.25) is 0 Å². The lowest BCUT2D eigenvalue weighted by Gasteiger charge is -2.12. The van der Waals surface area contributed by atoms with Crippen LogP contribution < -0.4 is 10.6 Å². The normalized spacial score (nSPS) is 9.86. The largest absolute Gasteiger partial charge is 0.350 e. The van der Waals surface area contributed by atoms with Crippen LogP contribution in [-0.4, -0.2) is 48.9 Å². The Morgan fingerprint density at radius 3 is 2.48 bits per heavy atom. The number of urea groups is 1. The van der Waals surface area contributed by atoms with Crippen molar-refractivity contribution in [2.45, 2.75) is 0 Å². The van der Waals surface area contributed by atoms with E-state index < -0.39 is 22.3 Å². The van der Waals surface area contributed by atoms with Crippen molar-refractivity contribution >= 4 is 17.6 Å². The molecule has 0 aromatic heterocycles. The molecule has 0 aliphatic rings. The number of nitrogens with zero attached hydrogens (tertiary/aromatic N) is 2. The van der Waals surface area contributed by atoms with Crippen molar-refractivity contribution in [1.29, 1.82) is 0 Å². The van der Waals surface area contributed by atoms with E-state index in [-0.39, 0.29) is 24.7 Å². The molecular formula is C12H15FN4O4. The fourth-order valence-corrected chi connectivity index (χ4v) is 1.45. The average Bonchev–Trinajstić information content (AvgIpc) is 2.42. The van der Waals surface area contributed by atoms with Crippen LogP contribution in [0.1, 0.15) is 10.4 Å². The number of amides is 3. The molecule has 0 fully saturated rings. The van der Waals surface area contributed by atoms with Crippen LogP contribution in [0.5, 0.6) is 0 Å². The molecule has 2 N–H and O–H groups in total. The standard InChI is InChI=1S/C12H15FN4O4/c1-16(2)12(19)15-6-5-14-11(18)9-7-8(13)3-4-10(9)17(20)21/h3-4,7H,5-6H2,1-2H3,(H,14,18)(H,15,19). The van der Waals surface area contributed by atoms with E-state index in [2.05, 4.69) is 10.6 Å². The van der Waals surface area contributed by atoms with Crippen molar-refractivity contribution in [2.24, 2.45) is 0 Å². The molecule has 1 aromatic carbocycles. The minimum absolute atomic E-state index is 0.0616. The highest BCUT2D eigenvalue weighted by molar-refractivity contribution is 5.98. The highest BCUT2D eigenvalue weighted by Gasteiger charge is 2.20. The maximum absolute atomic E-state index is 13.1. The zero-order valence-electron chi connectivity index (χ0n) is 11.6. The van der Waals surface area contributed by atoms with E-state index in [0.29, 0.717) is 0 Å². The van der Waals surface area contributed by atoms with Crippen LogP contribution in [0, 0.1) is 15.9 Å². The van der Waals surface area contributed by atoms with E-state index >= 15 is 0 Å². The molecule has 8 nitrogen and oxygen atoms in total. The zero-order chi connectivity index (χ0) is 16.0. The molecule has 0 aliphatic carbocycles. The number of nitro groups is 1. The van der Waals surface area contributed by atoms with Crippen molar-refractivity contribution in [3.8, 4) is 0 Å². The minimum Gasteiger partial charge on any atom is -0.350 e. The van der Waals surface area contributed by atoms with E-state index in [1.807, 2.05) is 0 Å². The lowest BCUT2D eigenvalue weighted by molar-refractivity contribution is -0.385.